The van der Waals surface area contributed by atoms with Crippen molar-refractivity contribution in [3.05, 3.63) is 76.8 Å². The molecule has 39 heavy (non-hydrogen) atoms. The molecule has 2 N–H and O–H groups in total. The topological polar surface area (TPSA) is 122 Å². The molecule has 12 heteroatoms. The minimum Gasteiger partial charge on any atom is -0.496 e. The number of methoxy groups -OCH3 is 1. The average molecular weight is 592 g/mol. The van der Waals surface area contributed by atoms with Gasteiger partial charge in [0.05, 0.1) is 28.2 Å². The van der Waals surface area contributed by atoms with Crippen LogP contribution in [0.3, 0.4) is 0 Å². The first-order valence-corrected chi connectivity index (χ1v) is 15.7. The second-order valence-corrected chi connectivity index (χ2v) is 13.3. The van der Waals surface area contributed by atoms with Gasteiger partial charge in [0.2, 0.25) is 10.0 Å². The Hall–Kier alpha value is -3.12. The van der Waals surface area contributed by atoms with E-state index in [1.165, 1.54) is 59.9 Å². The Balaban J connectivity index is 1.53. The van der Waals surface area contributed by atoms with Crippen molar-refractivity contribution in [2.75, 3.05) is 30.2 Å². The molecule has 0 unspecified atom stereocenters. The Morgan fingerprint density at radius 1 is 0.872 bits per heavy atom. The Morgan fingerprint density at radius 3 is 2.15 bits per heavy atom. The van der Waals surface area contributed by atoms with Crippen molar-refractivity contribution in [1.82, 2.24) is 4.31 Å². The SMILES string of the molecule is COc1ccc(S(=O)(=O)N2CCCCCC2)cc1C(=O)Nc1ccc(S(=O)(=O)Nc2cc(Cl)ccc2C)cc1. The molecule has 3 aromatic carbocycles. The summed E-state index contributed by atoms with van der Waals surface area (Å²) >= 11 is 5.99. The molecule has 1 amide bonds. The summed E-state index contributed by atoms with van der Waals surface area (Å²) in [5.74, 6) is -0.384. The number of ether oxygens (including phenoxy) is 1. The maximum Gasteiger partial charge on any atom is 0.261 e. The second kappa shape index (κ2) is 12.0. The predicted octanol–water partition coefficient (Wildman–Crippen LogP) is 5.27. The quantitative estimate of drug-likeness (QED) is 0.368. The van der Waals surface area contributed by atoms with Crippen LogP contribution in [0, 0.1) is 6.92 Å². The Bertz CT molecular complexity index is 1570. The zero-order valence-corrected chi connectivity index (χ0v) is 24.0. The highest BCUT2D eigenvalue weighted by atomic mass is 35.5. The number of anilines is 2. The first kappa shape index (κ1) is 28.9. The molecule has 1 aliphatic rings. The number of carbonyl (C=O) groups is 1. The number of aryl methyl sites for hydroxylation is 1. The van der Waals surface area contributed by atoms with Gasteiger partial charge in [0, 0.05) is 23.8 Å². The molecule has 3 aromatic rings. The van der Waals surface area contributed by atoms with E-state index in [-0.39, 0.29) is 21.1 Å². The highest BCUT2D eigenvalue weighted by Crippen LogP contribution is 2.28. The molecule has 9 nitrogen and oxygen atoms in total. The zero-order chi connectivity index (χ0) is 28.2. The van der Waals surface area contributed by atoms with Gasteiger partial charge in [0.15, 0.2) is 0 Å². The molecule has 0 aromatic heterocycles. The molecule has 0 aliphatic carbocycles. The van der Waals surface area contributed by atoms with Gasteiger partial charge in [0.25, 0.3) is 15.9 Å². The number of nitrogens with zero attached hydrogens (tertiary/aromatic N) is 1. The molecule has 0 radical (unpaired) electrons. The van der Waals surface area contributed by atoms with E-state index in [0.29, 0.717) is 35.1 Å². The third kappa shape index (κ3) is 6.73. The van der Waals surface area contributed by atoms with Crippen molar-refractivity contribution in [3.8, 4) is 5.75 Å². The minimum atomic E-state index is -3.91. The molecule has 0 saturated carbocycles. The van der Waals surface area contributed by atoms with E-state index in [1.807, 2.05) is 0 Å². The summed E-state index contributed by atoms with van der Waals surface area (Å²) in [6, 6.07) is 14.7. The fourth-order valence-corrected chi connectivity index (χ4v) is 7.12. The second-order valence-electron chi connectivity index (χ2n) is 9.22. The molecule has 0 spiro atoms. The van der Waals surface area contributed by atoms with Crippen molar-refractivity contribution in [2.24, 2.45) is 0 Å². The molecular weight excluding hydrogens is 562 g/mol. The van der Waals surface area contributed by atoms with Crippen LogP contribution in [0.5, 0.6) is 5.75 Å². The summed E-state index contributed by atoms with van der Waals surface area (Å²) in [4.78, 5) is 13.2. The summed E-state index contributed by atoms with van der Waals surface area (Å²) in [6.45, 7) is 2.64. The van der Waals surface area contributed by atoms with Crippen LogP contribution in [0.1, 0.15) is 41.6 Å². The number of halogens is 1. The van der Waals surface area contributed by atoms with Gasteiger partial charge in [-0.3, -0.25) is 9.52 Å². The largest absolute Gasteiger partial charge is 0.496 e. The number of hydrogen-bond acceptors (Lipinski definition) is 6. The van der Waals surface area contributed by atoms with E-state index in [0.717, 1.165) is 25.7 Å². The van der Waals surface area contributed by atoms with Crippen molar-refractivity contribution in [2.45, 2.75) is 42.4 Å². The van der Waals surface area contributed by atoms with E-state index in [2.05, 4.69) is 10.0 Å². The van der Waals surface area contributed by atoms with Crippen molar-refractivity contribution in [3.63, 3.8) is 0 Å². The molecule has 0 bridgehead atoms. The van der Waals surface area contributed by atoms with Gasteiger partial charge in [0.1, 0.15) is 5.75 Å². The highest BCUT2D eigenvalue weighted by Gasteiger charge is 2.27. The summed E-state index contributed by atoms with van der Waals surface area (Å²) < 4.78 is 61.5. The smallest absolute Gasteiger partial charge is 0.261 e. The van der Waals surface area contributed by atoms with Crippen molar-refractivity contribution in [1.29, 1.82) is 0 Å². The van der Waals surface area contributed by atoms with E-state index in [1.54, 1.807) is 19.1 Å². The first-order chi connectivity index (χ1) is 18.5. The van der Waals surface area contributed by atoms with Crippen molar-refractivity contribution >= 4 is 48.9 Å². The van der Waals surface area contributed by atoms with Gasteiger partial charge >= 0.3 is 0 Å². The summed E-state index contributed by atoms with van der Waals surface area (Å²) in [7, 11) is -6.29. The van der Waals surface area contributed by atoms with Gasteiger partial charge < -0.3 is 10.1 Å². The maximum atomic E-state index is 13.3. The highest BCUT2D eigenvalue weighted by molar-refractivity contribution is 7.92. The zero-order valence-electron chi connectivity index (χ0n) is 21.6. The Morgan fingerprint density at radius 2 is 1.51 bits per heavy atom. The number of benzene rings is 3. The van der Waals surface area contributed by atoms with E-state index < -0.39 is 26.0 Å². The van der Waals surface area contributed by atoms with Gasteiger partial charge in [-0.1, -0.05) is 30.5 Å². The number of nitrogens with one attached hydrogen (secondary N) is 2. The Labute approximate surface area is 234 Å². The lowest BCUT2D eigenvalue weighted by atomic mass is 10.2. The molecular formula is C27H30ClN3O6S2. The van der Waals surface area contributed by atoms with Crippen LogP contribution in [0.2, 0.25) is 5.02 Å². The molecule has 1 heterocycles. The molecule has 1 saturated heterocycles. The molecule has 0 atom stereocenters. The van der Waals surface area contributed by atoms with Crippen LogP contribution in [-0.2, 0) is 20.0 Å². The van der Waals surface area contributed by atoms with Gasteiger partial charge in [-0.25, -0.2) is 16.8 Å². The fraction of sp³-hybridized carbons (Fsp3) is 0.296. The van der Waals surface area contributed by atoms with Crippen LogP contribution in [0.4, 0.5) is 11.4 Å². The number of amides is 1. The summed E-state index contributed by atoms with van der Waals surface area (Å²) in [5, 5.41) is 3.08. The van der Waals surface area contributed by atoms with E-state index in [9.17, 15) is 21.6 Å². The lowest BCUT2D eigenvalue weighted by Crippen LogP contribution is -2.32. The average Bonchev–Trinajstić information content (AvgIpc) is 3.21. The number of rotatable bonds is 8. The van der Waals surface area contributed by atoms with Crippen LogP contribution < -0.4 is 14.8 Å². The third-order valence-electron chi connectivity index (χ3n) is 6.48. The van der Waals surface area contributed by atoms with E-state index in [4.69, 9.17) is 16.3 Å². The Kier molecular flexibility index (Phi) is 8.85. The van der Waals surface area contributed by atoms with Crippen LogP contribution in [-0.4, -0.2) is 47.2 Å². The number of hydrogen-bond donors (Lipinski definition) is 2. The molecule has 1 aliphatic heterocycles. The van der Waals surface area contributed by atoms with Crippen LogP contribution in [0.25, 0.3) is 0 Å². The van der Waals surface area contributed by atoms with Crippen LogP contribution >= 0.6 is 11.6 Å². The molecule has 1 fully saturated rings. The summed E-state index contributed by atoms with van der Waals surface area (Å²) in [6.07, 6.45) is 3.56. The van der Waals surface area contributed by atoms with Gasteiger partial charge in [-0.05, 0) is 79.9 Å². The standard InChI is InChI=1S/C27H30ClN3O6S2/c1-19-7-8-20(28)17-25(19)30-38(33,34)22-11-9-21(10-12-22)29-27(32)24-18-23(13-14-26(24)37-2)39(35,36)31-15-5-3-4-6-16-31/h7-14,17-18,30H,3-6,15-16H2,1-2H3,(H,29,32). The minimum absolute atomic E-state index is 0.0111. The number of sulfonamides is 2. The molecule has 208 valence electrons. The van der Waals surface area contributed by atoms with Crippen molar-refractivity contribution < 1.29 is 26.4 Å². The predicted molar refractivity (Wildman–Crippen MR) is 152 cm³/mol. The maximum absolute atomic E-state index is 13.3. The van der Waals surface area contributed by atoms with E-state index >= 15 is 0 Å². The third-order valence-corrected chi connectivity index (χ3v) is 10.00. The lowest BCUT2D eigenvalue weighted by Gasteiger charge is -2.20. The summed E-state index contributed by atoms with van der Waals surface area (Å²) in [5.41, 5.74) is 1.44. The lowest BCUT2D eigenvalue weighted by molar-refractivity contribution is 0.102. The van der Waals surface area contributed by atoms with Gasteiger partial charge in [-0.15, -0.1) is 0 Å². The van der Waals surface area contributed by atoms with Crippen LogP contribution in [0.15, 0.2) is 70.5 Å². The molecule has 4 rings (SSSR count). The normalized spacial score (nSPS) is 14.8. The first-order valence-electron chi connectivity index (χ1n) is 12.4. The van der Waals surface area contributed by atoms with Gasteiger partial charge in [-0.2, -0.15) is 4.31 Å². The fourth-order valence-electron chi connectivity index (χ4n) is 4.28. The number of carbonyl (C=O) groups excluding carboxylic acids is 1. The monoisotopic (exact) mass is 591 g/mol.